The third kappa shape index (κ3) is 7.22. The van der Waals surface area contributed by atoms with E-state index in [9.17, 15) is 29.2 Å². The molecule has 4 rings (SSSR count). The minimum Gasteiger partial charge on any atom is -0.497 e. The number of hydrogen-bond donors (Lipinski definition) is 0. The number of carbonyl (C=O) groups is 4. The average Bonchev–Trinajstić information content (AvgIpc) is 3.52. The molecule has 0 radical (unpaired) electrons. The summed E-state index contributed by atoms with van der Waals surface area (Å²) < 4.78 is 39.8. The van der Waals surface area contributed by atoms with Crippen LogP contribution >= 0.6 is 0 Å². The zero-order valence-corrected chi connectivity index (χ0v) is 25.0. The lowest BCUT2D eigenvalue weighted by Gasteiger charge is -2.45. The monoisotopic (exact) mass is 622 g/mol. The van der Waals surface area contributed by atoms with Crippen molar-refractivity contribution in [1.82, 2.24) is 4.57 Å². The predicted octanol–water partition coefficient (Wildman–Crippen LogP) is 2.91. The van der Waals surface area contributed by atoms with E-state index in [0.29, 0.717) is 11.3 Å². The molecule has 236 valence electrons. The number of hydrogen-bond acceptors (Lipinski definition) is 13. The Balaban J connectivity index is 2.04. The van der Waals surface area contributed by atoms with Gasteiger partial charge in [0.2, 0.25) is 0 Å². The van der Waals surface area contributed by atoms with Gasteiger partial charge in [0.15, 0.2) is 24.5 Å². The second-order valence-corrected chi connectivity index (χ2v) is 9.90. The number of furan rings is 1. The summed E-state index contributed by atoms with van der Waals surface area (Å²) in [7, 11) is 1.49. The second-order valence-electron chi connectivity index (χ2n) is 9.90. The number of carbonyl (C=O) groups excluding carboxylic acids is 4. The van der Waals surface area contributed by atoms with Gasteiger partial charge in [0.25, 0.3) is 5.56 Å². The minimum atomic E-state index is -1.60. The molecule has 0 saturated carbocycles. The third-order valence-corrected chi connectivity index (χ3v) is 6.75. The first kappa shape index (κ1) is 32.5. The van der Waals surface area contributed by atoms with Crippen LogP contribution in [0.2, 0.25) is 0 Å². The number of nitriles is 1. The summed E-state index contributed by atoms with van der Waals surface area (Å²) >= 11 is 0. The van der Waals surface area contributed by atoms with Crippen molar-refractivity contribution >= 4 is 23.9 Å². The Kier molecular flexibility index (Phi) is 10.0. The van der Waals surface area contributed by atoms with Crippen molar-refractivity contribution in [2.24, 2.45) is 0 Å². The van der Waals surface area contributed by atoms with Crippen LogP contribution in [0.15, 0.2) is 57.9 Å². The maximum Gasteiger partial charge on any atom is 0.303 e. The number of aromatic nitrogens is 1. The Bertz CT molecular complexity index is 1670. The second kappa shape index (κ2) is 13.9. The maximum absolute atomic E-state index is 14.3. The topological polar surface area (TPSA) is 183 Å². The van der Waals surface area contributed by atoms with E-state index < -0.39 is 66.7 Å². The number of methoxy groups -OCH3 is 1. The van der Waals surface area contributed by atoms with Crippen molar-refractivity contribution < 1.29 is 52.0 Å². The van der Waals surface area contributed by atoms with Gasteiger partial charge in [-0.1, -0.05) is 0 Å². The highest BCUT2D eigenvalue weighted by Gasteiger charge is 2.53. The van der Waals surface area contributed by atoms with E-state index in [1.807, 2.05) is 6.07 Å². The van der Waals surface area contributed by atoms with Gasteiger partial charge in [-0.25, -0.2) is 0 Å². The molecule has 2 aromatic heterocycles. The van der Waals surface area contributed by atoms with Crippen molar-refractivity contribution in [2.75, 3.05) is 13.7 Å². The largest absolute Gasteiger partial charge is 0.497 e. The van der Waals surface area contributed by atoms with E-state index in [1.54, 1.807) is 36.4 Å². The summed E-state index contributed by atoms with van der Waals surface area (Å²) in [6.07, 6.45) is -6.13. The molecule has 1 saturated heterocycles. The fourth-order valence-corrected chi connectivity index (χ4v) is 5.01. The van der Waals surface area contributed by atoms with Gasteiger partial charge < -0.3 is 32.8 Å². The summed E-state index contributed by atoms with van der Waals surface area (Å²) in [5.41, 5.74) is -0.430. The molecule has 3 heterocycles. The summed E-state index contributed by atoms with van der Waals surface area (Å²) in [4.78, 5) is 63.0. The third-order valence-electron chi connectivity index (χ3n) is 6.75. The van der Waals surface area contributed by atoms with Crippen molar-refractivity contribution in [2.45, 2.75) is 58.3 Å². The SMILES string of the molecule is COc1ccc(-c2cc(-c3ccco3)c(C#N)c(=O)n2[C@@H]2O[C@H](COC(C)=O)[C@@H](OC(C)=O)[C@H](OC(C)=O)[C@@H]2OC(C)=O)cc1. The number of pyridine rings is 1. The van der Waals surface area contributed by atoms with Crippen LogP contribution in [0.4, 0.5) is 0 Å². The van der Waals surface area contributed by atoms with Gasteiger partial charge in [0, 0.05) is 33.3 Å². The van der Waals surface area contributed by atoms with Gasteiger partial charge in [-0.05, 0) is 48.0 Å². The smallest absolute Gasteiger partial charge is 0.303 e. The molecule has 3 aromatic rings. The molecule has 0 aliphatic carbocycles. The number of benzene rings is 1. The normalized spacial score (nSPS) is 20.8. The van der Waals surface area contributed by atoms with E-state index in [2.05, 4.69) is 0 Å². The molecule has 1 aromatic carbocycles. The van der Waals surface area contributed by atoms with Crippen molar-refractivity contribution in [3.05, 3.63) is 64.6 Å². The lowest BCUT2D eigenvalue weighted by Crippen LogP contribution is -2.61. The van der Waals surface area contributed by atoms with Gasteiger partial charge in [-0.15, -0.1) is 0 Å². The zero-order chi connectivity index (χ0) is 32.8. The fraction of sp³-hybridized carbons (Fsp3) is 0.355. The summed E-state index contributed by atoms with van der Waals surface area (Å²) in [5, 5.41) is 10.1. The van der Waals surface area contributed by atoms with Gasteiger partial charge in [-0.3, -0.25) is 28.5 Å². The molecule has 14 heteroatoms. The van der Waals surface area contributed by atoms with Crippen LogP contribution in [0, 0.1) is 11.3 Å². The van der Waals surface area contributed by atoms with E-state index in [-0.39, 0.29) is 22.6 Å². The predicted molar refractivity (Wildman–Crippen MR) is 152 cm³/mol. The van der Waals surface area contributed by atoms with E-state index >= 15 is 0 Å². The summed E-state index contributed by atoms with van der Waals surface area (Å²) in [6, 6.07) is 13.2. The number of rotatable bonds is 9. The van der Waals surface area contributed by atoms with E-state index in [1.165, 1.54) is 19.4 Å². The van der Waals surface area contributed by atoms with Crippen LogP contribution in [-0.4, -0.2) is 66.6 Å². The highest BCUT2D eigenvalue weighted by Crippen LogP contribution is 2.38. The van der Waals surface area contributed by atoms with Gasteiger partial charge in [-0.2, -0.15) is 5.26 Å². The molecule has 0 N–H and O–H groups in total. The zero-order valence-electron chi connectivity index (χ0n) is 25.0. The molecule has 14 nitrogen and oxygen atoms in total. The van der Waals surface area contributed by atoms with E-state index in [0.717, 1.165) is 32.3 Å². The van der Waals surface area contributed by atoms with Crippen molar-refractivity contribution in [3.63, 3.8) is 0 Å². The molecule has 0 spiro atoms. The molecule has 0 bridgehead atoms. The molecular formula is C31H30N2O12. The van der Waals surface area contributed by atoms with Crippen LogP contribution in [0.1, 0.15) is 39.5 Å². The molecule has 0 unspecified atom stereocenters. The Morgan fingerprint density at radius 2 is 1.51 bits per heavy atom. The molecule has 1 aliphatic rings. The molecule has 5 atom stereocenters. The van der Waals surface area contributed by atoms with Crippen LogP contribution in [0.25, 0.3) is 22.6 Å². The van der Waals surface area contributed by atoms with Crippen molar-refractivity contribution in [1.29, 1.82) is 5.26 Å². The summed E-state index contributed by atoms with van der Waals surface area (Å²) in [6.45, 7) is 3.91. The lowest BCUT2D eigenvalue weighted by molar-refractivity contribution is -0.268. The first-order valence-electron chi connectivity index (χ1n) is 13.6. The quantitative estimate of drug-likeness (QED) is 0.251. The first-order chi connectivity index (χ1) is 21.4. The molecule has 45 heavy (non-hydrogen) atoms. The Labute approximate surface area is 256 Å². The Morgan fingerprint density at radius 1 is 0.889 bits per heavy atom. The molecule has 1 fully saturated rings. The van der Waals surface area contributed by atoms with Crippen molar-refractivity contribution in [3.8, 4) is 34.4 Å². The average molecular weight is 623 g/mol. The first-order valence-corrected chi connectivity index (χ1v) is 13.6. The Hall–Kier alpha value is -5.42. The minimum absolute atomic E-state index is 0.167. The lowest BCUT2D eigenvalue weighted by atomic mass is 9.95. The Morgan fingerprint density at radius 3 is 2.04 bits per heavy atom. The standard InChI is InChI=1S/C31H30N2O12/c1-16(34)41-15-26-27(42-17(2)35)28(43-18(3)36)29(44-19(4)37)31(45-26)33-24(20-8-10-21(39-5)11-9-20)13-22(23(14-32)30(33)38)25-7-6-12-40-25/h6-13,26-29,31H,15H2,1-5H3/t26-,27-,28+,29+,31-/m1/s1. The molecular weight excluding hydrogens is 592 g/mol. The number of esters is 4. The van der Waals surface area contributed by atoms with Crippen LogP contribution in [0.3, 0.4) is 0 Å². The van der Waals surface area contributed by atoms with Crippen LogP contribution < -0.4 is 10.3 Å². The van der Waals surface area contributed by atoms with Crippen LogP contribution in [0.5, 0.6) is 5.75 Å². The fourth-order valence-electron chi connectivity index (χ4n) is 5.01. The summed E-state index contributed by atoms with van der Waals surface area (Å²) in [5.74, 6) is -2.45. The van der Waals surface area contributed by atoms with Gasteiger partial charge >= 0.3 is 23.9 Å². The van der Waals surface area contributed by atoms with Gasteiger partial charge in [0.1, 0.15) is 35.9 Å². The number of nitrogens with zero attached hydrogens (tertiary/aromatic N) is 2. The highest BCUT2D eigenvalue weighted by atomic mass is 16.7. The van der Waals surface area contributed by atoms with Gasteiger partial charge in [0.05, 0.1) is 19.1 Å². The maximum atomic E-state index is 14.3. The highest BCUT2D eigenvalue weighted by molar-refractivity contribution is 5.74. The number of ether oxygens (including phenoxy) is 6. The van der Waals surface area contributed by atoms with Crippen LogP contribution in [-0.2, 0) is 42.9 Å². The van der Waals surface area contributed by atoms with E-state index in [4.69, 9.17) is 32.8 Å². The molecule has 1 aliphatic heterocycles. The molecule has 0 amide bonds.